The second-order valence-electron chi connectivity index (χ2n) is 23.9. The molecule has 0 amide bonds. The summed E-state index contributed by atoms with van der Waals surface area (Å²) in [5.41, 5.74) is -12.1. The van der Waals surface area contributed by atoms with Crippen molar-refractivity contribution in [1.82, 2.24) is 43.9 Å². The summed E-state index contributed by atoms with van der Waals surface area (Å²) >= 11 is 0. The number of carbonyl (C=O) groups is 3. The van der Waals surface area contributed by atoms with Crippen LogP contribution in [0.3, 0.4) is 0 Å². The lowest BCUT2D eigenvalue weighted by Crippen LogP contribution is -2.43. The third-order valence-electron chi connectivity index (χ3n) is 14.1. The Bertz CT molecular complexity index is 3700. The fourth-order valence-corrected chi connectivity index (χ4v) is 13.5. The van der Waals surface area contributed by atoms with Gasteiger partial charge in [0, 0.05) is 50.1 Å². The normalized spacial score (nSPS) is 28.3. The molecule has 0 radical (unpaired) electrons. The van der Waals surface area contributed by atoms with Gasteiger partial charge in [-0.1, -0.05) is 18.2 Å². The predicted molar refractivity (Wildman–Crippen MR) is 333 cm³/mol. The van der Waals surface area contributed by atoms with Crippen molar-refractivity contribution in [3.63, 3.8) is 0 Å². The molecule has 0 spiro atoms. The van der Waals surface area contributed by atoms with Crippen LogP contribution in [-0.4, -0.2) is 185 Å². The number of aliphatic hydroxyl groups excluding tert-OH is 3. The predicted octanol–water partition coefficient (Wildman–Crippen LogP) is 2.24. The molecule has 7 rings (SSSR count). The van der Waals surface area contributed by atoms with E-state index in [0.29, 0.717) is 0 Å². The lowest BCUT2D eigenvalue weighted by Gasteiger charge is -2.25. The number of esters is 3. The molecule has 4 aromatic rings. The van der Waals surface area contributed by atoms with E-state index in [2.05, 4.69) is 15.3 Å². The van der Waals surface area contributed by atoms with Crippen molar-refractivity contribution >= 4 is 40.7 Å². The second-order valence-corrected chi connectivity index (χ2v) is 30.0. The summed E-state index contributed by atoms with van der Waals surface area (Å²) in [6, 6.07) is 8.02. The summed E-state index contributed by atoms with van der Waals surface area (Å²) in [7, 11) is -11.4. The fourth-order valence-electron chi connectivity index (χ4n) is 9.38. The number of para-hydroxylation sites is 1. The molecule has 0 bridgehead atoms. The van der Waals surface area contributed by atoms with E-state index >= 15 is 13.2 Å². The molecule has 3 aromatic heterocycles. The lowest BCUT2D eigenvalue weighted by atomic mass is 9.98. The standard InChI is InChI=1S/C22H29FN3O9P.2C17H27FN3O8P/c1-13(2)33-19(29)14(3)25-36(31,35-15-8-6-5-7-9-15)32-12-16-18(28)22(4,23)20(34-16)26-11-10-17(27)24-21(26)30;2*1-9(2)28-14(24)10(3)20-30(5,26)27-8-11-13(23)17(4,18)15(29-11)21-7-6-12(22)19-16(21)25/h5-11,13-14,16,18,20,28H,12H2,1-4H3,(H,25,31)(H,24,27,30);2*6-7,9-11,13,15,23H,8H2,1-5H3,(H,20,26)(H,19,22,25)/t14-,16+,18+,20+,22+,36?;10-,11+,13+,15+,17+,30+;10-,11+,13+,15+,17+,30-/m000/s1. The number of alkyl halides is 3. The van der Waals surface area contributed by atoms with Crippen LogP contribution in [0.4, 0.5) is 13.2 Å². The van der Waals surface area contributed by atoms with Gasteiger partial charge >= 0.3 is 42.7 Å². The number of nitrogens with one attached hydrogen (secondary N) is 6. The molecule has 0 aliphatic carbocycles. The number of nitrogens with zero attached hydrogens (tertiary/aromatic N) is 3. The molecule has 96 heavy (non-hydrogen) atoms. The van der Waals surface area contributed by atoms with E-state index in [0.717, 1.165) is 71.3 Å². The third kappa shape index (κ3) is 21.5. The van der Waals surface area contributed by atoms with Gasteiger partial charge in [0.25, 0.3) is 31.7 Å². The minimum Gasteiger partial charge on any atom is -0.462 e. The smallest absolute Gasteiger partial charge is 0.459 e. The zero-order chi connectivity index (χ0) is 72.4. The average Bonchev–Trinajstić information content (AvgIpc) is 1.62. The van der Waals surface area contributed by atoms with Crippen LogP contribution in [-0.2, 0) is 70.1 Å². The van der Waals surface area contributed by atoms with Gasteiger partial charge in [0.15, 0.2) is 35.7 Å². The van der Waals surface area contributed by atoms with Gasteiger partial charge in [0.2, 0.25) is 0 Å². The summed E-state index contributed by atoms with van der Waals surface area (Å²) in [5, 5.41) is 38.7. The molecular formula is C56H83F3N9O25P3. The number of benzene rings is 1. The van der Waals surface area contributed by atoms with Crippen molar-refractivity contribution < 1.29 is 103 Å². The van der Waals surface area contributed by atoms with Crippen LogP contribution in [0, 0.1) is 0 Å². The zero-order valence-corrected chi connectivity index (χ0v) is 57.5. The summed E-state index contributed by atoms with van der Waals surface area (Å²) in [6.45, 7) is 18.2. The van der Waals surface area contributed by atoms with Crippen LogP contribution >= 0.6 is 22.8 Å². The second kappa shape index (κ2) is 32.9. The van der Waals surface area contributed by atoms with Crippen LogP contribution in [0.2, 0.25) is 0 Å². The number of aromatic amines is 3. The van der Waals surface area contributed by atoms with Crippen molar-refractivity contribution in [3.8, 4) is 5.75 Å². The maximum absolute atomic E-state index is 15.4. The fraction of sp³-hybridized carbons (Fsp3) is 0.625. The summed E-state index contributed by atoms with van der Waals surface area (Å²) in [6.07, 6.45) is -11.9. The first-order valence-electron chi connectivity index (χ1n) is 29.7. The largest absolute Gasteiger partial charge is 0.462 e. The minimum absolute atomic E-state index is 0.152. The number of rotatable bonds is 26. The van der Waals surface area contributed by atoms with Crippen molar-refractivity contribution in [2.45, 2.75) is 192 Å². The molecule has 3 aliphatic heterocycles. The van der Waals surface area contributed by atoms with E-state index in [1.165, 1.54) is 46.2 Å². The van der Waals surface area contributed by atoms with Gasteiger partial charge in [0.1, 0.15) is 60.5 Å². The maximum atomic E-state index is 15.4. The molecule has 3 fully saturated rings. The van der Waals surface area contributed by atoms with E-state index in [4.69, 9.17) is 46.5 Å². The van der Waals surface area contributed by atoms with Crippen molar-refractivity contribution in [3.05, 3.63) is 130 Å². The molecular weight excluding hydrogens is 1350 g/mol. The third-order valence-corrected chi connectivity index (χ3v) is 18.8. The van der Waals surface area contributed by atoms with Crippen LogP contribution in [0.5, 0.6) is 5.75 Å². The van der Waals surface area contributed by atoms with E-state index in [1.54, 1.807) is 59.7 Å². The monoisotopic (exact) mass is 1430 g/mol. The van der Waals surface area contributed by atoms with Crippen molar-refractivity contribution in [2.75, 3.05) is 33.2 Å². The number of aromatic nitrogens is 6. The molecule has 3 aliphatic rings. The Kier molecular flexibility index (Phi) is 27.5. The number of hydrogen-bond acceptors (Lipinski definition) is 25. The molecule has 34 nitrogen and oxygen atoms in total. The molecule has 3 saturated heterocycles. The van der Waals surface area contributed by atoms with Gasteiger partial charge in [-0.2, -0.15) is 5.09 Å². The highest BCUT2D eigenvalue weighted by atomic mass is 31.2. The van der Waals surface area contributed by atoms with Gasteiger partial charge in [-0.15, -0.1) is 0 Å². The Morgan fingerprint density at radius 3 is 1.06 bits per heavy atom. The molecule has 18 atom stereocenters. The van der Waals surface area contributed by atoms with E-state index in [-0.39, 0.29) is 18.0 Å². The minimum atomic E-state index is -4.30. The average molecular weight is 1430 g/mol. The Labute approximate surface area is 546 Å². The first kappa shape index (κ1) is 80.2. The highest BCUT2D eigenvalue weighted by Crippen LogP contribution is 2.49. The molecule has 9 N–H and O–H groups in total. The van der Waals surface area contributed by atoms with Crippen LogP contribution in [0.1, 0.15) is 102 Å². The van der Waals surface area contributed by atoms with Gasteiger partial charge in [-0.05, 0) is 95.2 Å². The van der Waals surface area contributed by atoms with Crippen LogP contribution in [0.15, 0.2) is 95.9 Å². The number of aliphatic hydroxyl groups is 3. The highest BCUT2D eigenvalue weighted by Gasteiger charge is 2.58. The Balaban J connectivity index is 0.000000262. The number of carbonyl (C=O) groups excluding carboxylic acids is 3. The highest BCUT2D eigenvalue weighted by molar-refractivity contribution is 7.56. The molecule has 1 unspecified atom stereocenters. The molecule has 6 heterocycles. The van der Waals surface area contributed by atoms with E-state index < -0.39 is 191 Å². The summed E-state index contributed by atoms with van der Waals surface area (Å²) < 4.78 is 140. The van der Waals surface area contributed by atoms with Crippen molar-refractivity contribution in [1.29, 1.82) is 0 Å². The number of ether oxygens (including phenoxy) is 6. The van der Waals surface area contributed by atoms with E-state index in [1.807, 2.05) is 15.0 Å². The Hall–Kier alpha value is -6.53. The maximum Gasteiger partial charge on any atom is 0.459 e. The summed E-state index contributed by atoms with van der Waals surface area (Å²) in [4.78, 5) is 112. The molecule has 0 saturated carbocycles. The van der Waals surface area contributed by atoms with Crippen LogP contribution < -0.4 is 53.5 Å². The Morgan fingerprint density at radius 1 is 0.500 bits per heavy atom. The zero-order valence-electron chi connectivity index (χ0n) is 54.8. The quantitative estimate of drug-likeness (QED) is 0.0247. The first-order valence-corrected chi connectivity index (χ1v) is 35.4. The van der Waals surface area contributed by atoms with E-state index in [9.17, 15) is 72.2 Å². The van der Waals surface area contributed by atoms with Gasteiger partial charge in [-0.3, -0.25) is 71.1 Å². The Morgan fingerprint density at radius 2 is 0.781 bits per heavy atom. The number of H-pyrrole nitrogens is 3. The summed E-state index contributed by atoms with van der Waals surface area (Å²) in [5.74, 6) is -1.81. The molecule has 40 heteroatoms. The molecule has 1 aromatic carbocycles. The first-order chi connectivity index (χ1) is 44.3. The lowest BCUT2D eigenvalue weighted by molar-refractivity contribution is -0.150. The molecule has 538 valence electrons. The van der Waals surface area contributed by atoms with Gasteiger partial charge in [-0.25, -0.2) is 42.3 Å². The topological polar surface area (TPSA) is 456 Å². The number of halogens is 3. The van der Waals surface area contributed by atoms with Crippen molar-refractivity contribution in [2.24, 2.45) is 0 Å². The SMILES string of the molecule is CC(C)OC(=O)[C@H](C)NP(=O)(OC[C@H]1O[C@@H](n2ccc(=O)[nH]c2=O)[C@](C)(F)[C@@H]1O)Oc1ccccc1.CC(C)OC(=O)[C@H](C)N[P@@](C)(=O)OC[C@H]1O[C@@H](n2ccc(=O)[nH]c2=O)[C@](C)(F)[C@@H]1O.CC(C)OC(=O)[C@H](C)N[P@](C)(=O)OC[C@H]1O[C@@H](n2ccc(=O)[nH]c2=O)[C@](C)(F)[C@@H]1O. The van der Waals surface area contributed by atoms with Gasteiger partial charge < -0.3 is 57.3 Å². The van der Waals surface area contributed by atoms with Gasteiger partial charge in [0.05, 0.1) is 38.1 Å². The van der Waals surface area contributed by atoms with Crippen LogP contribution in [0.25, 0.3) is 0 Å². The number of hydrogen-bond donors (Lipinski definition) is 9.